The number of nitriles is 1. The highest BCUT2D eigenvalue weighted by atomic mass is 35.5. The first-order valence-corrected chi connectivity index (χ1v) is 6.09. The normalized spacial score (nSPS) is 9.53. The second-order valence-corrected chi connectivity index (χ2v) is 4.17. The number of hydrogen-bond donors (Lipinski definition) is 1. The average Bonchev–Trinajstić information content (AvgIpc) is 2.37. The second kappa shape index (κ2) is 7.39. The number of carbonyl (C=O) groups is 2. The smallest absolute Gasteiger partial charge is 0.306 e. The predicted molar refractivity (Wildman–Crippen MR) is 70.7 cm³/mol. The summed E-state index contributed by atoms with van der Waals surface area (Å²) in [6.07, 6.45) is 0.960. The lowest BCUT2D eigenvalue weighted by atomic mass is 10.2. The third-order valence-corrected chi connectivity index (χ3v) is 2.50. The van der Waals surface area contributed by atoms with E-state index in [9.17, 15) is 9.59 Å². The number of amides is 1. The van der Waals surface area contributed by atoms with Crippen LogP contribution in [0, 0.1) is 11.3 Å². The van der Waals surface area contributed by atoms with Crippen molar-refractivity contribution in [3.63, 3.8) is 0 Å². The molecule has 0 bridgehead atoms. The Bertz CT molecular complexity index is 523. The number of esters is 1. The van der Waals surface area contributed by atoms with Gasteiger partial charge in [0.2, 0.25) is 0 Å². The van der Waals surface area contributed by atoms with Gasteiger partial charge in [0.15, 0.2) is 6.61 Å². The number of rotatable bonds is 5. The molecule has 0 unspecified atom stereocenters. The van der Waals surface area contributed by atoms with Gasteiger partial charge in [-0.15, -0.1) is 0 Å². The molecule has 1 rings (SSSR count). The second-order valence-electron chi connectivity index (χ2n) is 3.77. The Morgan fingerprint density at radius 3 is 2.79 bits per heavy atom. The molecule has 0 aromatic heterocycles. The summed E-state index contributed by atoms with van der Waals surface area (Å²) < 4.78 is 4.76. The number of carbonyl (C=O) groups excluding carboxylic acids is 2. The number of nitrogens with zero attached hydrogens (tertiary/aromatic N) is 1. The maximum atomic E-state index is 11.5. The summed E-state index contributed by atoms with van der Waals surface area (Å²) in [4.78, 5) is 22.6. The quantitative estimate of drug-likeness (QED) is 0.841. The van der Waals surface area contributed by atoms with Crippen molar-refractivity contribution in [2.45, 2.75) is 19.8 Å². The molecule has 0 saturated heterocycles. The van der Waals surface area contributed by atoms with Crippen molar-refractivity contribution in [1.29, 1.82) is 5.26 Å². The Kier molecular flexibility index (Phi) is 5.83. The lowest BCUT2D eigenvalue weighted by Gasteiger charge is -2.07. The molecule has 0 heterocycles. The molecule has 1 aromatic rings. The van der Waals surface area contributed by atoms with Crippen molar-refractivity contribution in [1.82, 2.24) is 0 Å². The first-order valence-electron chi connectivity index (χ1n) is 5.72. The molecular formula is C13H13ClN2O3. The number of anilines is 1. The average molecular weight is 281 g/mol. The summed E-state index contributed by atoms with van der Waals surface area (Å²) >= 11 is 5.82. The summed E-state index contributed by atoms with van der Waals surface area (Å²) in [5.74, 6) is -0.860. The molecule has 1 aromatic carbocycles. The van der Waals surface area contributed by atoms with Gasteiger partial charge in [0, 0.05) is 12.1 Å². The van der Waals surface area contributed by atoms with E-state index in [1.165, 1.54) is 12.1 Å². The molecule has 0 aliphatic heterocycles. The van der Waals surface area contributed by atoms with E-state index < -0.39 is 11.9 Å². The molecular weight excluding hydrogens is 268 g/mol. The van der Waals surface area contributed by atoms with Crippen LogP contribution in [0.15, 0.2) is 18.2 Å². The summed E-state index contributed by atoms with van der Waals surface area (Å²) in [5, 5.41) is 11.5. The van der Waals surface area contributed by atoms with Crippen LogP contribution in [0.4, 0.5) is 5.69 Å². The van der Waals surface area contributed by atoms with E-state index in [-0.39, 0.29) is 18.1 Å². The SMILES string of the molecule is CCCC(=O)OCC(=O)Nc1ccc(C#N)c(Cl)c1. The summed E-state index contributed by atoms with van der Waals surface area (Å²) in [7, 11) is 0. The van der Waals surface area contributed by atoms with E-state index in [2.05, 4.69) is 5.32 Å². The van der Waals surface area contributed by atoms with Crippen molar-refractivity contribution in [3.8, 4) is 6.07 Å². The topological polar surface area (TPSA) is 79.2 Å². The fraction of sp³-hybridized carbons (Fsp3) is 0.308. The molecule has 5 nitrogen and oxygen atoms in total. The fourth-order valence-corrected chi connectivity index (χ4v) is 1.53. The van der Waals surface area contributed by atoms with Crippen LogP contribution < -0.4 is 5.32 Å². The Morgan fingerprint density at radius 2 is 2.21 bits per heavy atom. The fourth-order valence-electron chi connectivity index (χ4n) is 1.30. The van der Waals surface area contributed by atoms with Gasteiger partial charge >= 0.3 is 5.97 Å². The maximum Gasteiger partial charge on any atom is 0.306 e. The molecule has 0 fully saturated rings. The minimum absolute atomic E-state index is 0.253. The largest absolute Gasteiger partial charge is 0.456 e. The van der Waals surface area contributed by atoms with Crippen molar-refractivity contribution in [3.05, 3.63) is 28.8 Å². The van der Waals surface area contributed by atoms with Crippen LogP contribution >= 0.6 is 11.6 Å². The van der Waals surface area contributed by atoms with Crippen LogP contribution in [0.1, 0.15) is 25.3 Å². The van der Waals surface area contributed by atoms with Crippen molar-refractivity contribution in [2.24, 2.45) is 0 Å². The van der Waals surface area contributed by atoms with Gasteiger partial charge < -0.3 is 10.1 Å². The molecule has 6 heteroatoms. The standard InChI is InChI=1S/C13H13ClN2O3/c1-2-3-13(18)19-8-12(17)16-10-5-4-9(7-15)11(14)6-10/h4-6H,2-3,8H2,1H3,(H,16,17). The van der Waals surface area contributed by atoms with Gasteiger partial charge in [-0.3, -0.25) is 9.59 Å². The summed E-state index contributed by atoms with van der Waals surface area (Å²) in [5.41, 5.74) is 0.773. The molecule has 19 heavy (non-hydrogen) atoms. The van der Waals surface area contributed by atoms with Gasteiger partial charge in [0.05, 0.1) is 10.6 Å². The molecule has 0 radical (unpaired) electrons. The van der Waals surface area contributed by atoms with Crippen LogP contribution in [-0.4, -0.2) is 18.5 Å². The zero-order valence-corrected chi connectivity index (χ0v) is 11.2. The van der Waals surface area contributed by atoms with Gasteiger partial charge in [-0.05, 0) is 24.6 Å². The van der Waals surface area contributed by atoms with E-state index in [0.29, 0.717) is 17.7 Å². The molecule has 0 atom stereocenters. The Hall–Kier alpha value is -2.06. The van der Waals surface area contributed by atoms with Gasteiger partial charge in [0.1, 0.15) is 6.07 Å². The van der Waals surface area contributed by atoms with E-state index in [1.54, 1.807) is 6.07 Å². The monoisotopic (exact) mass is 280 g/mol. The maximum absolute atomic E-state index is 11.5. The highest BCUT2D eigenvalue weighted by Crippen LogP contribution is 2.20. The first kappa shape index (κ1) is 15.0. The van der Waals surface area contributed by atoms with E-state index >= 15 is 0 Å². The van der Waals surface area contributed by atoms with Crippen molar-refractivity contribution >= 4 is 29.2 Å². The minimum Gasteiger partial charge on any atom is -0.456 e. The lowest BCUT2D eigenvalue weighted by molar-refractivity contribution is -0.147. The number of nitrogens with one attached hydrogen (secondary N) is 1. The van der Waals surface area contributed by atoms with Crippen LogP contribution in [-0.2, 0) is 14.3 Å². The predicted octanol–water partition coefficient (Wildman–Crippen LogP) is 2.49. The molecule has 100 valence electrons. The van der Waals surface area contributed by atoms with E-state index in [0.717, 1.165) is 0 Å². The van der Waals surface area contributed by atoms with Gasteiger partial charge in [-0.25, -0.2) is 0 Å². The number of halogens is 1. The highest BCUT2D eigenvalue weighted by molar-refractivity contribution is 6.32. The van der Waals surface area contributed by atoms with E-state index in [4.69, 9.17) is 21.6 Å². The highest BCUT2D eigenvalue weighted by Gasteiger charge is 2.08. The Labute approximate surface area is 116 Å². The third kappa shape index (κ3) is 4.98. The van der Waals surface area contributed by atoms with Crippen molar-refractivity contribution in [2.75, 3.05) is 11.9 Å². The molecule has 0 aliphatic carbocycles. The van der Waals surface area contributed by atoms with Gasteiger partial charge in [0.25, 0.3) is 5.91 Å². The third-order valence-electron chi connectivity index (χ3n) is 2.19. The number of benzene rings is 1. The summed E-state index contributed by atoms with van der Waals surface area (Å²) in [6, 6.07) is 6.43. The molecule has 1 amide bonds. The van der Waals surface area contributed by atoms with Gasteiger partial charge in [-0.1, -0.05) is 18.5 Å². The number of ether oxygens (including phenoxy) is 1. The Balaban J connectivity index is 2.51. The van der Waals surface area contributed by atoms with Crippen molar-refractivity contribution < 1.29 is 14.3 Å². The zero-order valence-electron chi connectivity index (χ0n) is 10.4. The zero-order chi connectivity index (χ0) is 14.3. The van der Waals surface area contributed by atoms with Crippen LogP contribution in [0.2, 0.25) is 5.02 Å². The van der Waals surface area contributed by atoms with E-state index in [1.807, 2.05) is 13.0 Å². The lowest BCUT2D eigenvalue weighted by Crippen LogP contribution is -2.20. The van der Waals surface area contributed by atoms with Crippen LogP contribution in [0.3, 0.4) is 0 Å². The first-order chi connectivity index (χ1) is 9.06. The van der Waals surface area contributed by atoms with Crippen LogP contribution in [0.5, 0.6) is 0 Å². The summed E-state index contributed by atoms with van der Waals surface area (Å²) in [6.45, 7) is 1.51. The molecule has 0 spiro atoms. The number of hydrogen-bond acceptors (Lipinski definition) is 4. The van der Waals surface area contributed by atoms with Crippen LogP contribution in [0.25, 0.3) is 0 Å². The van der Waals surface area contributed by atoms with Gasteiger partial charge in [-0.2, -0.15) is 5.26 Å². The molecule has 1 N–H and O–H groups in total. The Morgan fingerprint density at radius 1 is 1.47 bits per heavy atom. The minimum atomic E-state index is -0.453. The molecule has 0 saturated carbocycles. The molecule has 0 aliphatic rings.